The first-order chi connectivity index (χ1) is 25.0. The molecule has 0 fully saturated rings. The highest BCUT2D eigenvalue weighted by Gasteiger charge is 2.36. The van der Waals surface area contributed by atoms with Crippen molar-refractivity contribution in [2.45, 2.75) is 19.3 Å². The maximum atomic E-state index is 6.82. The van der Waals surface area contributed by atoms with E-state index < -0.39 is 0 Å². The van der Waals surface area contributed by atoms with Crippen LogP contribution < -0.4 is 4.90 Å². The van der Waals surface area contributed by atoms with Gasteiger partial charge in [-0.25, -0.2) is 0 Å². The monoisotopic (exact) mass is 653 g/mol. The topological polar surface area (TPSA) is 16.4 Å². The Kier molecular flexibility index (Phi) is 6.56. The minimum atomic E-state index is -0.128. The molecule has 0 radical (unpaired) electrons. The summed E-state index contributed by atoms with van der Waals surface area (Å²) in [6.07, 6.45) is 0. The molecule has 0 saturated carbocycles. The lowest BCUT2D eigenvalue weighted by atomic mass is 9.82. The van der Waals surface area contributed by atoms with Crippen molar-refractivity contribution in [3.05, 3.63) is 187 Å². The molecule has 10 rings (SSSR count). The SMILES string of the molecule is CC1(C)c2ccccc2-c2ccc(N(c3ccc(-c4ccccc4)cc3)c3cc4oc5c6ccccc6ccc5c4cc3-c3ccccc3)cc21. The summed E-state index contributed by atoms with van der Waals surface area (Å²) in [5, 5.41) is 4.55. The summed E-state index contributed by atoms with van der Waals surface area (Å²) in [7, 11) is 0. The lowest BCUT2D eigenvalue weighted by molar-refractivity contribution is 0.660. The largest absolute Gasteiger partial charge is 0.455 e. The zero-order chi connectivity index (χ0) is 34.1. The minimum absolute atomic E-state index is 0.128. The van der Waals surface area contributed by atoms with Gasteiger partial charge in [-0.15, -0.1) is 0 Å². The summed E-state index contributed by atoms with van der Waals surface area (Å²) in [6, 6.07) is 63.6. The van der Waals surface area contributed by atoms with Gasteiger partial charge in [0.2, 0.25) is 0 Å². The number of nitrogens with zero attached hydrogens (tertiary/aromatic N) is 1. The van der Waals surface area contributed by atoms with Crippen LogP contribution in [-0.2, 0) is 5.41 Å². The minimum Gasteiger partial charge on any atom is -0.455 e. The first-order valence-electron chi connectivity index (χ1n) is 17.7. The number of hydrogen-bond donors (Lipinski definition) is 0. The molecule has 0 aliphatic heterocycles. The molecule has 2 heteroatoms. The van der Waals surface area contributed by atoms with Crippen LogP contribution in [0.1, 0.15) is 25.0 Å². The molecule has 1 aromatic heterocycles. The summed E-state index contributed by atoms with van der Waals surface area (Å²) >= 11 is 0. The van der Waals surface area contributed by atoms with Crippen molar-refractivity contribution in [3.63, 3.8) is 0 Å². The van der Waals surface area contributed by atoms with Crippen LogP contribution in [0.3, 0.4) is 0 Å². The van der Waals surface area contributed by atoms with Crippen LogP contribution in [0.4, 0.5) is 17.1 Å². The van der Waals surface area contributed by atoms with E-state index in [4.69, 9.17) is 4.42 Å². The normalized spacial score (nSPS) is 13.1. The van der Waals surface area contributed by atoms with Crippen LogP contribution in [0.25, 0.3) is 66.1 Å². The molecule has 9 aromatic rings. The molecule has 0 amide bonds. The third kappa shape index (κ3) is 4.64. The number of rotatable bonds is 5. The summed E-state index contributed by atoms with van der Waals surface area (Å²) < 4.78 is 6.82. The molecule has 0 N–H and O–H groups in total. The highest BCUT2D eigenvalue weighted by atomic mass is 16.3. The summed E-state index contributed by atoms with van der Waals surface area (Å²) in [4.78, 5) is 2.42. The molecule has 1 heterocycles. The molecule has 1 aliphatic rings. The first-order valence-corrected chi connectivity index (χ1v) is 17.7. The van der Waals surface area contributed by atoms with Crippen molar-refractivity contribution in [1.29, 1.82) is 0 Å². The number of fused-ring (bicyclic) bond motifs is 8. The zero-order valence-corrected chi connectivity index (χ0v) is 28.6. The second-order valence-corrected chi connectivity index (χ2v) is 14.1. The quantitative estimate of drug-likeness (QED) is 0.184. The van der Waals surface area contributed by atoms with Crippen molar-refractivity contribution in [3.8, 4) is 33.4 Å². The average Bonchev–Trinajstić information content (AvgIpc) is 3.67. The lowest BCUT2D eigenvalue weighted by Crippen LogP contribution is -2.17. The van der Waals surface area contributed by atoms with Gasteiger partial charge in [0.1, 0.15) is 11.2 Å². The Morgan fingerprint density at radius 1 is 0.431 bits per heavy atom. The van der Waals surface area contributed by atoms with Gasteiger partial charge >= 0.3 is 0 Å². The van der Waals surface area contributed by atoms with Crippen molar-refractivity contribution < 1.29 is 4.42 Å². The Labute approximate surface area is 297 Å². The van der Waals surface area contributed by atoms with Crippen molar-refractivity contribution in [1.82, 2.24) is 0 Å². The van der Waals surface area contributed by atoms with E-state index in [2.05, 4.69) is 195 Å². The Balaban J connectivity index is 1.24. The molecule has 0 bridgehead atoms. The first kappa shape index (κ1) is 29.5. The maximum absolute atomic E-state index is 6.82. The number of furan rings is 1. The van der Waals surface area contributed by atoms with Crippen molar-refractivity contribution in [2.75, 3.05) is 4.90 Å². The molecule has 51 heavy (non-hydrogen) atoms. The van der Waals surface area contributed by atoms with E-state index in [-0.39, 0.29) is 5.41 Å². The molecule has 2 nitrogen and oxygen atoms in total. The van der Waals surface area contributed by atoms with E-state index in [9.17, 15) is 0 Å². The zero-order valence-electron chi connectivity index (χ0n) is 28.6. The van der Waals surface area contributed by atoms with Crippen LogP contribution in [0.2, 0.25) is 0 Å². The highest BCUT2D eigenvalue weighted by molar-refractivity contribution is 6.16. The molecular formula is C49H35NO. The fraction of sp³-hybridized carbons (Fsp3) is 0.0612. The molecule has 0 atom stereocenters. The van der Waals surface area contributed by atoms with Crippen LogP contribution in [0.5, 0.6) is 0 Å². The van der Waals surface area contributed by atoms with Crippen LogP contribution in [-0.4, -0.2) is 0 Å². The molecule has 8 aromatic carbocycles. The fourth-order valence-electron chi connectivity index (χ4n) is 8.27. The van der Waals surface area contributed by atoms with Gasteiger partial charge in [-0.2, -0.15) is 0 Å². The van der Waals surface area contributed by atoms with Gasteiger partial charge in [-0.05, 0) is 80.7 Å². The lowest BCUT2D eigenvalue weighted by Gasteiger charge is -2.30. The predicted molar refractivity (Wildman–Crippen MR) is 214 cm³/mol. The third-order valence-corrected chi connectivity index (χ3v) is 10.9. The van der Waals surface area contributed by atoms with E-state index in [0.29, 0.717) is 0 Å². The van der Waals surface area contributed by atoms with E-state index in [1.807, 2.05) is 0 Å². The van der Waals surface area contributed by atoms with Crippen molar-refractivity contribution in [2.24, 2.45) is 0 Å². The summed E-state index contributed by atoms with van der Waals surface area (Å²) in [5.41, 5.74) is 15.0. The van der Waals surface area contributed by atoms with E-state index in [1.54, 1.807) is 0 Å². The molecular weight excluding hydrogens is 619 g/mol. The maximum Gasteiger partial charge on any atom is 0.143 e. The fourth-order valence-corrected chi connectivity index (χ4v) is 8.27. The van der Waals surface area contributed by atoms with Gasteiger partial charge in [0.05, 0.1) is 5.69 Å². The summed E-state index contributed by atoms with van der Waals surface area (Å²) in [5.74, 6) is 0. The van der Waals surface area contributed by atoms with E-state index in [1.165, 1.54) is 38.8 Å². The van der Waals surface area contributed by atoms with Crippen LogP contribution in [0, 0.1) is 0 Å². The average molecular weight is 654 g/mol. The van der Waals surface area contributed by atoms with Crippen molar-refractivity contribution >= 4 is 49.8 Å². The predicted octanol–water partition coefficient (Wildman–Crippen LogP) is 13.8. The Morgan fingerprint density at radius 3 is 1.88 bits per heavy atom. The van der Waals surface area contributed by atoms with E-state index in [0.717, 1.165) is 55.5 Å². The third-order valence-electron chi connectivity index (χ3n) is 10.9. The van der Waals surface area contributed by atoms with Crippen LogP contribution >= 0.6 is 0 Å². The van der Waals surface area contributed by atoms with Gasteiger partial charge in [-0.1, -0.05) is 147 Å². The summed E-state index contributed by atoms with van der Waals surface area (Å²) in [6.45, 7) is 4.70. The second kappa shape index (κ2) is 11.3. The molecule has 1 aliphatic carbocycles. The Morgan fingerprint density at radius 2 is 1.08 bits per heavy atom. The number of anilines is 3. The number of benzene rings is 8. The smallest absolute Gasteiger partial charge is 0.143 e. The molecule has 242 valence electrons. The molecule has 0 unspecified atom stereocenters. The van der Waals surface area contributed by atoms with Gasteiger partial charge < -0.3 is 9.32 Å². The molecule has 0 saturated heterocycles. The van der Waals surface area contributed by atoms with Crippen LogP contribution in [0.15, 0.2) is 180 Å². The van der Waals surface area contributed by atoms with E-state index >= 15 is 0 Å². The Bertz CT molecular complexity index is 2760. The van der Waals surface area contributed by atoms with Gasteiger partial charge in [0.25, 0.3) is 0 Å². The Hall–Kier alpha value is -6.38. The molecule has 0 spiro atoms. The second-order valence-electron chi connectivity index (χ2n) is 14.1. The number of hydrogen-bond acceptors (Lipinski definition) is 2. The van der Waals surface area contributed by atoms with Gasteiger partial charge in [-0.3, -0.25) is 0 Å². The standard InChI is InChI=1S/C49H35NO/c1-49(2)44-20-12-11-19-39(44)40-28-26-37(29-45(40)49)50(36-24-21-33(22-25-36)32-13-5-3-6-14-32)46-31-47-43(30-42(46)34-15-7-4-8-16-34)41-27-23-35-17-9-10-18-38(35)48(41)51-47/h3-31H,1-2H3. The van der Waals surface area contributed by atoms with Gasteiger partial charge in [0, 0.05) is 44.6 Å². The van der Waals surface area contributed by atoms with Gasteiger partial charge in [0.15, 0.2) is 0 Å². The highest BCUT2D eigenvalue weighted by Crippen LogP contribution is 2.52.